The maximum absolute atomic E-state index is 12.5. The van der Waals surface area contributed by atoms with E-state index in [1.807, 2.05) is 25.1 Å². The number of alkyl carbamates (subject to hydrolysis) is 1. The van der Waals surface area contributed by atoms with Gasteiger partial charge in [-0.25, -0.2) is 9.59 Å². The molecule has 2 rings (SSSR count). The monoisotopic (exact) mass is 607 g/mol. The molecular formula is C31H42ClNO7S. The Balaban J connectivity index is 2.23. The highest BCUT2D eigenvalue weighted by Gasteiger charge is 2.32. The molecule has 1 amide bonds. The van der Waals surface area contributed by atoms with Gasteiger partial charge in [-0.1, -0.05) is 35.5 Å². The molecule has 2 aromatic carbocycles. The summed E-state index contributed by atoms with van der Waals surface area (Å²) in [5.74, 6) is 0.965. The predicted molar refractivity (Wildman–Crippen MR) is 162 cm³/mol. The summed E-state index contributed by atoms with van der Waals surface area (Å²) in [4.78, 5) is 26.3. The van der Waals surface area contributed by atoms with Crippen LogP contribution in [0, 0.1) is 0 Å². The summed E-state index contributed by atoms with van der Waals surface area (Å²) in [5, 5.41) is 13.6. The Kier molecular flexibility index (Phi) is 12.4. The van der Waals surface area contributed by atoms with Crippen LogP contribution in [0.1, 0.15) is 66.9 Å². The molecule has 8 nitrogen and oxygen atoms in total. The molecule has 226 valence electrons. The van der Waals surface area contributed by atoms with Crippen molar-refractivity contribution in [2.24, 2.45) is 0 Å². The number of carbonyl (C=O) groups excluding carboxylic acids is 2. The Labute approximate surface area is 252 Å². The molecule has 0 aromatic heterocycles. The van der Waals surface area contributed by atoms with E-state index in [0.29, 0.717) is 47.3 Å². The molecule has 0 fully saturated rings. The lowest BCUT2D eigenvalue weighted by Crippen LogP contribution is -2.52. The molecule has 1 atom stereocenters. The van der Waals surface area contributed by atoms with Gasteiger partial charge in [-0.05, 0) is 104 Å². The number of amides is 1. The lowest BCUT2D eigenvalue weighted by Gasteiger charge is -2.33. The van der Waals surface area contributed by atoms with Gasteiger partial charge in [0, 0.05) is 9.92 Å². The van der Waals surface area contributed by atoms with Crippen LogP contribution in [-0.2, 0) is 15.9 Å². The second kappa shape index (κ2) is 14.8. The fourth-order valence-corrected chi connectivity index (χ4v) is 5.05. The maximum Gasteiger partial charge on any atom is 0.514 e. The number of aliphatic hydroxyl groups is 1. The van der Waals surface area contributed by atoms with Crippen molar-refractivity contribution in [1.82, 2.24) is 5.32 Å². The normalized spacial score (nSPS) is 13.1. The summed E-state index contributed by atoms with van der Waals surface area (Å²) < 4.78 is 21.9. The van der Waals surface area contributed by atoms with E-state index < -0.39 is 29.0 Å². The van der Waals surface area contributed by atoms with E-state index in [-0.39, 0.29) is 6.61 Å². The third kappa shape index (κ3) is 11.9. The number of rotatable bonds is 12. The van der Waals surface area contributed by atoms with Crippen molar-refractivity contribution in [2.45, 2.75) is 94.3 Å². The average molecular weight is 608 g/mol. The second-order valence-corrected chi connectivity index (χ2v) is 13.0. The summed E-state index contributed by atoms with van der Waals surface area (Å²) in [5.41, 5.74) is -1.47. The van der Waals surface area contributed by atoms with Crippen molar-refractivity contribution in [2.75, 3.05) is 13.2 Å². The fourth-order valence-electron chi connectivity index (χ4n) is 3.76. The van der Waals surface area contributed by atoms with Crippen LogP contribution in [0.15, 0.2) is 58.8 Å². The van der Waals surface area contributed by atoms with Crippen LogP contribution in [0.5, 0.6) is 11.5 Å². The SMILES string of the molecule is C=CCC(CO)(CCc1ccc(Sc2cc(OCC)ccc2OC(=O)OC(C)(C)C)cc1Cl)NC(=O)OC(C)(C)C. The Morgan fingerprint density at radius 1 is 1.05 bits per heavy atom. The van der Waals surface area contributed by atoms with Crippen molar-refractivity contribution in [3.8, 4) is 11.5 Å². The van der Waals surface area contributed by atoms with Gasteiger partial charge in [0.1, 0.15) is 22.7 Å². The molecule has 0 aliphatic rings. The number of ether oxygens (including phenoxy) is 4. The van der Waals surface area contributed by atoms with Crippen LogP contribution >= 0.6 is 23.4 Å². The van der Waals surface area contributed by atoms with Gasteiger partial charge in [0.15, 0.2) is 0 Å². The summed E-state index contributed by atoms with van der Waals surface area (Å²) in [6.45, 7) is 16.5. The standard InChI is InChI=1S/C31H42ClNO7S/c1-9-16-31(20-34,33-27(35)39-29(3,4)5)17-15-21-11-13-23(19-24(21)32)41-26-18-22(37-10-2)12-14-25(26)38-28(36)40-30(6,7)8/h9,11-14,18-19,34H,1,10,15-17,20H2,2-8H3,(H,33,35). The van der Waals surface area contributed by atoms with Gasteiger partial charge >= 0.3 is 12.2 Å². The van der Waals surface area contributed by atoms with Crippen molar-refractivity contribution in [3.63, 3.8) is 0 Å². The minimum atomic E-state index is -0.950. The third-order valence-electron chi connectivity index (χ3n) is 5.54. The second-order valence-electron chi connectivity index (χ2n) is 11.5. The van der Waals surface area contributed by atoms with Crippen LogP contribution in [-0.4, -0.2) is 47.3 Å². The summed E-state index contributed by atoms with van der Waals surface area (Å²) >= 11 is 8.04. The number of carbonyl (C=O) groups is 2. The molecule has 2 N–H and O–H groups in total. The molecule has 0 bridgehead atoms. The quantitative estimate of drug-likeness (QED) is 0.142. The highest BCUT2D eigenvalue weighted by molar-refractivity contribution is 7.99. The average Bonchev–Trinajstić information content (AvgIpc) is 2.83. The van der Waals surface area contributed by atoms with Crippen molar-refractivity contribution >= 4 is 35.6 Å². The predicted octanol–water partition coefficient (Wildman–Crippen LogP) is 7.97. The first kappa shape index (κ1) is 34.3. The molecule has 2 aromatic rings. The smallest absolute Gasteiger partial charge is 0.494 e. The summed E-state index contributed by atoms with van der Waals surface area (Å²) in [6.07, 6.45) is 1.49. The zero-order valence-corrected chi connectivity index (χ0v) is 26.5. The van der Waals surface area contributed by atoms with E-state index >= 15 is 0 Å². The number of nitrogens with one attached hydrogen (secondary N) is 1. The molecular weight excluding hydrogens is 566 g/mol. The zero-order valence-electron chi connectivity index (χ0n) is 25.0. The van der Waals surface area contributed by atoms with Crippen LogP contribution in [0.25, 0.3) is 0 Å². The number of hydrogen-bond donors (Lipinski definition) is 2. The van der Waals surface area contributed by atoms with Crippen molar-refractivity contribution < 1.29 is 33.6 Å². The van der Waals surface area contributed by atoms with Crippen LogP contribution in [0.3, 0.4) is 0 Å². The highest BCUT2D eigenvalue weighted by atomic mass is 35.5. The molecule has 0 heterocycles. The summed E-state index contributed by atoms with van der Waals surface area (Å²) in [6, 6.07) is 10.8. The van der Waals surface area contributed by atoms with Gasteiger partial charge in [0.05, 0.1) is 23.6 Å². The number of aliphatic hydroxyl groups excluding tert-OH is 1. The van der Waals surface area contributed by atoms with Crippen molar-refractivity contribution in [1.29, 1.82) is 0 Å². The molecule has 41 heavy (non-hydrogen) atoms. The van der Waals surface area contributed by atoms with Gasteiger partial charge in [0.25, 0.3) is 0 Å². The van der Waals surface area contributed by atoms with Gasteiger partial charge in [0.2, 0.25) is 0 Å². The van der Waals surface area contributed by atoms with E-state index in [2.05, 4.69) is 11.9 Å². The van der Waals surface area contributed by atoms with E-state index in [9.17, 15) is 14.7 Å². The summed E-state index contributed by atoms with van der Waals surface area (Å²) in [7, 11) is 0. The van der Waals surface area contributed by atoms with Gasteiger partial charge < -0.3 is 29.4 Å². The molecule has 0 radical (unpaired) electrons. The molecule has 0 saturated heterocycles. The first-order valence-corrected chi connectivity index (χ1v) is 14.6. The van der Waals surface area contributed by atoms with Gasteiger partial charge in [-0.3, -0.25) is 0 Å². The first-order chi connectivity index (χ1) is 19.1. The number of hydrogen-bond acceptors (Lipinski definition) is 8. The first-order valence-electron chi connectivity index (χ1n) is 13.5. The number of benzene rings is 2. The van der Waals surface area contributed by atoms with Crippen LogP contribution in [0.2, 0.25) is 5.02 Å². The number of halogens is 1. The maximum atomic E-state index is 12.5. The van der Waals surface area contributed by atoms with Crippen LogP contribution in [0.4, 0.5) is 9.59 Å². The topological polar surface area (TPSA) is 103 Å². The third-order valence-corrected chi connectivity index (χ3v) is 6.92. The number of aryl methyl sites for hydroxylation is 1. The largest absolute Gasteiger partial charge is 0.514 e. The molecule has 0 aliphatic carbocycles. The Bertz CT molecular complexity index is 1210. The van der Waals surface area contributed by atoms with E-state index in [4.69, 9.17) is 30.5 Å². The van der Waals surface area contributed by atoms with Crippen molar-refractivity contribution in [3.05, 3.63) is 59.6 Å². The molecule has 10 heteroatoms. The highest BCUT2D eigenvalue weighted by Crippen LogP contribution is 2.39. The lowest BCUT2D eigenvalue weighted by atomic mass is 9.88. The molecule has 0 spiro atoms. The minimum absolute atomic E-state index is 0.291. The molecule has 0 aliphatic heterocycles. The zero-order chi connectivity index (χ0) is 30.8. The van der Waals surface area contributed by atoms with Gasteiger partial charge in [-0.2, -0.15) is 0 Å². The Morgan fingerprint density at radius 3 is 2.29 bits per heavy atom. The Hall–Kier alpha value is -2.88. The lowest BCUT2D eigenvalue weighted by molar-refractivity contribution is 0.0200. The van der Waals surface area contributed by atoms with E-state index in [0.717, 1.165) is 10.5 Å². The fraction of sp³-hybridized carbons (Fsp3) is 0.484. The van der Waals surface area contributed by atoms with Gasteiger partial charge in [-0.15, -0.1) is 6.58 Å². The van der Waals surface area contributed by atoms with Crippen LogP contribution < -0.4 is 14.8 Å². The minimum Gasteiger partial charge on any atom is -0.494 e. The van der Waals surface area contributed by atoms with E-state index in [1.54, 1.807) is 65.8 Å². The van der Waals surface area contributed by atoms with E-state index in [1.165, 1.54) is 11.8 Å². The molecule has 1 unspecified atom stereocenters. The molecule has 0 saturated carbocycles. The Morgan fingerprint density at radius 2 is 1.73 bits per heavy atom.